The number of rotatable bonds is 5. The Kier molecular flexibility index (Phi) is 5.03. The maximum absolute atomic E-state index is 12.0. The van der Waals surface area contributed by atoms with Crippen molar-refractivity contribution in [3.63, 3.8) is 0 Å². The summed E-state index contributed by atoms with van der Waals surface area (Å²) < 4.78 is 36.0. The second-order valence-corrected chi connectivity index (χ2v) is 5.87. The van der Waals surface area contributed by atoms with Crippen molar-refractivity contribution in [1.82, 2.24) is 15.0 Å². The van der Waals surface area contributed by atoms with Crippen LogP contribution in [0.5, 0.6) is 0 Å². The number of aromatic nitrogens is 3. The molecule has 0 fully saturated rings. The molecular formula is C16H11F3N4OS. The predicted molar refractivity (Wildman–Crippen MR) is 88.2 cm³/mol. The van der Waals surface area contributed by atoms with E-state index in [1.807, 2.05) is 12.1 Å². The van der Waals surface area contributed by atoms with Crippen LogP contribution in [0.2, 0.25) is 0 Å². The van der Waals surface area contributed by atoms with E-state index in [-0.39, 0.29) is 0 Å². The van der Waals surface area contributed by atoms with Gasteiger partial charge in [0.25, 0.3) is 0 Å². The van der Waals surface area contributed by atoms with Crippen LogP contribution in [-0.2, 0) is 4.84 Å². The van der Waals surface area contributed by atoms with Gasteiger partial charge < -0.3 is 4.84 Å². The largest absolute Gasteiger partial charge is 0.425 e. The minimum Gasteiger partial charge on any atom is -0.386 e. The molecule has 9 heteroatoms. The highest BCUT2D eigenvalue weighted by molar-refractivity contribution is 7.18. The highest BCUT2D eigenvalue weighted by Crippen LogP contribution is 2.30. The molecule has 0 N–H and O–H groups in total. The molecular weight excluding hydrogens is 353 g/mol. The zero-order valence-electron chi connectivity index (χ0n) is 12.6. The van der Waals surface area contributed by atoms with Crippen LogP contribution in [0.4, 0.5) is 13.2 Å². The Morgan fingerprint density at radius 2 is 2.04 bits per heavy atom. The Hall–Kier alpha value is -2.81. The number of hydrogen-bond donors (Lipinski definition) is 0. The van der Waals surface area contributed by atoms with Crippen LogP contribution in [0, 0.1) is 0 Å². The van der Waals surface area contributed by atoms with Crippen molar-refractivity contribution in [2.24, 2.45) is 5.16 Å². The van der Waals surface area contributed by atoms with E-state index >= 15 is 0 Å². The van der Waals surface area contributed by atoms with Gasteiger partial charge in [0.15, 0.2) is 0 Å². The van der Waals surface area contributed by atoms with Crippen molar-refractivity contribution < 1.29 is 18.0 Å². The normalized spacial score (nSPS) is 11.8. The van der Waals surface area contributed by atoms with Gasteiger partial charge in [-0.1, -0.05) is 11.2 Å². The standard InChI is InChI=1S/C16H11F3N4OS/c17-16(18,19)10-24-22-8-12-4-1-5-13(23-12)14-9-21-15(25-14)11-3-2-6-20-7-11/h1-9H,10H2/b22-8+. The van der Waals surface area contributed by atoms with Crippen molar-refractivity contribution in [3.05, 3.63) is 54.6 Å². The number of alkyl halides is 3. The van der Waals surface area contributed by atoms with Crippen LogP contribution in [0.15, 0.2) is 54.1 Å². The first kappa shape index (κ1) is 17.0. The Labute approximate surface area is 144 Å². The average molecular weight is 364 g/mol. The Balaban J connectivity index is 1.74. The molecule has 0 aromatic carbocycles. The molecule has 0 radical (unpaired) electrons. The van der Waals surface area contributed by atoms with E-state index in [4.69, 9.17) is 0 Å². The molecule has 0 amide bonds. The Bertz CT molecular complexity index is 865. The van der Waals surface area contributed by atoms with E-state index in [0.29, 0.717) is 11.4 Å². The van der Waals surface area contributed by atoms with Gasteiger partial charge in [-0.25, -0.2) is 9.97 Å². The Morgan fingerprint density at radius 1 is 1.16 bits per heavy atom. The van der Waals surface area contributed by atoms with Crippen LogP contribution >= 0.6 is 11.3 Å². The summed E-state index contributed by atoms with van der Waals surface area (Å²) in [7, 11) is 0. The third-order valence-electron chi connectivity index (χ3n) is 2.92. The maximum Gasteiger partial charge on any atom is 0.425 e. The second kappa shape index (κ2) is 7.39. The number of hydrogen-bond acceptors (Lipinski definition) is 6. The van der Waals surface area contributed by atoms with Gasteiger partial charge in [-0.05, 0) is 24.3 Å². The molecule has 25 heavy (non-hydrogen) atoms. The number of nitrogens with zero attached hydrogens (tertiary/aromatic N) is 4. The van der Waals surface area contributed by atoms with Gasteiger partial charge in [-0.15, -0.1) is 11.3 Å². The molecule has 0 aliphatic heterocycles. The summed E-state index contributed by atoms with van der Waals surface area (Å²) in [6, 6.07) is 8.87. The molecule has 0 bridgehead atoms. The summed E-state index contributed by atoms with van der Waals surface area (Å²) in [6.07, 6.45) is 1.81. The number of oxime groups is 1. The summed E-state index contributed by atoms with van der Waals surface area (Å²) in [5, 5.41) is 4.09. The third kappa shape index (κ3) is 4.83. The molecule has 3 aromatic rings. The monoisotopic (exact) mass is 364 g/mol. The molecule has 0 saturated heterocycles. The van der Waals surface area contributed by atoms with Crippen molar-refractivity contribution >= 4 is 17.6 Å². The molecule has 128 valence electrons. The molecule has 3 aromatic heterocycles. The minimum absolute atomic E-state index is 0.385. The van der Waals surface area contributed by atoms with Crippen molar-refractivity contribution in [3.8, 4) is 21.1 Å². The zero-order chi connectivity index (χ0) is 17.7. The second-order valence-electron chi connectivity index (χ2n) is 4.84. The third-order valence-corrected chi connectivity index (χ3v) is 3.99. The lowest BCUT2D eigenvalue weighted by atomic mass is 10.3. The summed E-state index contributed by atoms with van der Waals surface area (Å²) >= 11 is 1.44. The molecule has 0 aliphatic carbocycles. The van der Waals surface area contributed by atoms with Crippen LogP contribution in [0.1, 0.15) is 5.69 Å². The van der Waals surface area contributed by atoms with Crippen LogP contribution in [0.25, 0.3) is 21.1 Å². The summed E-state index contributed by atoms with van der Waals surface area (Å²) in [5.41, 5.74) is 1.93. The van der Waals surface area contributed by atoms with Gasteiger partial charge in [0, 0.05) is 24.2 Å². The smallest absolute Gasteiger partial charge is 0.386 e. The molecule has 0 unspecified atom stereocenters. The highest BCUT2D eigenvalue weighted by Gasteiger charge is 2.28. The van der Waals surface area contributed by atoms with Crippen molar-refractivity contribution in [2.45, 2.75) is 6.18 Å². The van der Waals surface area contributed by atoms with Gasteiger partial charge in [0.05, 0.1) is 22.5 Å². The van der Waals surface area contributed by atoms with Gasteiger partial charge in [-0.3, -0.25) is 4.98 Å². The molecule has 0 spiro atoms. The van der Waals surface area contributed by atoms with E-state index in [2.05, 4.69) is 24.9 Å². The lowest BCUT2D eigenvalue weighted by Crippen LogP contribution is -2.14. The van der Waals surface area contributed by atoms with Crippen molar-refractivity contribution in [1.29, 1.82) is 0 Å². The Morgan fingerprint density at radius 3 is 2.80 bits per heavy atom. The lowest BCUT2D eigenvalue weighted by molar-refractivity contribution is -0.173. The minimum atomic E-state index is -4.42. The molecule has 3 heterocycles. The number of thiazole rings is 1. The van der Waals surface area contributed by atoms with Gasteiger partial charge in [0.2, 0.25) is 6.61 Å². The summed E-state index contributed by atoms with van der Waals surface area (Å²) in [5.74, 6) is 0. The first-order valence-electron chi connectivity index (χ1n) is 7.07. The molecule has 0 saturated carbocycles. The SMILES string of the molecule is FC(F)(F)CO/N=C/c1cccc(-c2cnc(-c3cccnc3)s2)n1. The lowest BCUT2D eigenvalue weighted by Gasteiger charge is -2.03. The first-order valence-corrected chi connectivity index (χ1v) is 7.89. The van der Waals surface area contributed by atoms with Crippen LogP contribution in [-0.4, -0.2) is 33.9 Å². The highest BCUT2D eigenvalue weighted by atomic mass is 32.1. The maximum atomic E-state index is 12.0. The predicted octanol–water partition coefficient (Wildman–Crippen LogP) is 4.18. The van der Waals surface area contributed by atoms with Gasteiger partial charge >= 0.3 is 6.18 Å². The number of pyridine rings is 2. The van der Waals surface area contributed by atoms with E-state index in [1.165, 1.54) is 11.3 Å². The van der Waals surface area contributed by atoms with Crippen LogP contribution in [0.3, 0.4) is 0 Å². The van der Waals surface area contributed by atoms with E-state index < -0.39 is 12.8 Å². The van der Waals surface area contributed by atoms with Crippen LogP contribution < -0.4 is 0 Å². The quantitative estimate of drug-likeness (QED) is 0.503. The first-order chi connectivity index (χ1) is 12.0. The summed E-state index contributed by atoms with van der Waals surface area (Å²) in [4.78, 5) is 17.8. The topological polar surface area (TPSA) is 60.3 Å². The number of halogens is 3. The average Bonchev–Trinajstić information content (AvgIpc) is 3.09. The fraction of sp³-hybridized carbons (Fsp3) is 0.125. The summed E-state index contributed by atoms with van der Waals surface area (Å²) in [6.45, 7) is -1.44. The van der Waals surface area contributed by atoms with E-state index in [0.717, 1.165) is 21.7 Å². The fourth-order valence-electron chi connectivity index (χ4n) is 1.88. The zero-order valence-corrected chi connectivity index (χ0v) is 13.5. The van der Waals surface area contributed by atoms with E-state index in [9.17, 15) is 13.2 Å². The van der Waals surface area contributed by atoms with Crippen molar-refractivity contribution in [2.75, 3.05) is 6.61 Å². The van der Waals surface area contributed by atoms with E-state index in [1.54, 1.807) is 36.8 Å². The van der Waals surface area contributed by atoms with Gasteiger partial charge in [-0.2, -0.15) is 13.2 Å². The molecule has 0 atom stereocenters. The molecule has 3 rings (SSSR count). The fourth-order valence-corrected chi connectivity index (χ4v) is 2.75. The molecule has 0 aliphatic rings. The molecule has 5 nitrogen and oxygen atoms in total. The van der Waals surface area contributed by atoms with Gasteiger partial charge in [0.1, 0.15) is 5.01 Å².